The molecule has 3 rings (SSSR count). The van der Waals surface area contributed by atoms with E-state index in [4.69, 9.17) is 17.4 Å². The molecule has 0 bridgehead atoms. The number of benzene rings is 2. The molecule has 1 aliphatic rings. The number of carbonyl (C=O) groups excluding carboxylic acids is 2. The highest BCUT2D eigenvalue weighted by atomic mass is 35.5. The Morgan fingerprint density at radius 2 is 1.47 bits per heavy atom. The van der Waals surface area contributed by atoms with Gasteiger partial charge in [0.1, 0.15) is 0 Å². The van der Waals surface area contributed by atoms with Crippen LogP contribution in [0.1, 0.15) is 31.8 Å². The lowest BCUT2D eigenvalue weighted by molar-refractivity contribution is 0.0979. The zero-order valence-electron chi connectivity index (χ0n) is 9.74. The van der Waals surface area contributed by atoms with Crippen LogP contribution in [0.2, 0.25) is 5.02 Å². The summed E-state index contributed by atoms with van der Waals surface area (Å²) in [6.45, 7) is 0. The van der Waals surface area contributed by atoms with Gasteiger partial charge >= 0.3 is 0 Å². The van der Waals surface area contributed by atoms with E-state index >= 15 is 0 Å². The highest BCUT2D eigenvalue weighted by Gasteiger charge is 2.32. The molecule has 0 unspecified atom stereocenters. The molecule has 3 N–H and O–H groups in total. The first-order valence-corrected chi connectivity index (χ1v) is 6.00. The molecule has 0 fully saturated rings. The van der Waals surface area contributed by atoms with Gasteiger partial charge in [-0.15, -0.1) is 0 Å². The fourth-order valence-electron chi connectivity index (χ4n) is 2.32. The Bertz CT molecular complexity index is 725. The molecular formula is C14H9ClN2O2. The van der Waals surface area contributed by atoms with Crippen LogP contribution < -0.4 is 11.3 Å². The minimum atomic E-state index is -0.257. The second-order valence-corrected chi connectivity index (χ2v) is 4.60. The van der Waals surface area contributed by atoms with Crippen LogP contribution in [-0.2, 0) is 0 Å². The minimum absolute atomic E-state index is 0.249. The van der Waals surface area contributed by atoms with Gasteiger partial charge in [-0.2, -0.15) is 0 Å². The SMILES string of the molecule is NNc1cccc2c1C(=O)c1cccc(Cl)c1C2=O. The Labute approximate surface area is 114 Å². The number of carbonyl (C=O) groups is 2. The molecule has 0 aromatic heterocycles. The number of nitrogen functional groups attached to an aromatic ring is 1. The molecular weight excluding hydrogens is 264 g/mol. The Morgan fingerprint density at radius 3 is 2.16 bits per heavy atom. The summed E-state index contributed by atoms with van der Waals surface area (Å²) in [6, 6.07) is 9.76. The third-order valence-electron chi connectivity index (χ3n) is 3.18. The molecule has 94 valence electrons. The first-order chi connectivity index (χ1) is 9.15. The van der Waals surface area contributed by atoms with Gasteiger partial charge in [-0.25, -0.2) is 0 Å². The van der Waals surface area contributed by atoms with E-state index in [1.165, 1.54) is 0 Å². The fraction of sp³-hybridized carbons (Fsp3) is 0. The van der Waals surface area contributed by atoms with Crippen molar-refractivity contribution in [1.29, 1.82) is 0 Å². The van der Waals surface area contributed by atoms with Crippen molar-refractivity contribution in [3.63, 3.8) is 0 Å². The maximum Gasteiger partial charge on any atom is 0.196 e. The molecule has 0 radical (unpaired) electrons. The molecule has 19 heavy (non-hydrogen) atoms. The molecule has 0 amide bonds. The van der Waals surface area contributed by atoms with Gasteiger partial charge in [-0.1, -0.05) is 35.9 Å². The fourth-order valence-corrected chi connectivity index (χ4v) is 2.58. The molecule has 0 aliphatic heterocycles. The number of nitrogens with two attached hydrogens (primary N) is 1. The van der Waals surface area contributed by atoms with E-state index in [-0.39, 0.29) is 22.2 Å². The van der Waals surface area contributed by atoms with Crippen molar-refractivity contribution in [3.05, 3.63) is 63.7 Å². The van der Waals surface area contributed by atoms with Crippen molar-refractivity contribution in [2.75, 3.05) is 5.43 Å². The van der Waals surface area contributed by atoms with Gasteiger partial charge in [-0.3, -0.25) is 15.4 Å². The summed E-state index contributed by atoms with van der Waals surface area (Å²) in [5.41, 5.74) is 4.07. The van der Waals surface area contributed by atoms with E-state index in [1.807, 2.05) is 0 Å². The van der Waals surface area contributed by atoms with Crippen molar-refractivity contribution in [1.82, 2.24) is 0 Å². The predicted molar refractivity (Wildman–Crippen MR) is 72.6 cm³/mol. The highest BCUT2D eigenvalue weighted by molar-refractivity contribution is 6.39. The summed E-state index contributed by atoms with van der Waals surface area (Å²) in [7, 11) is 0. The van der Waals surface area contributed by atoms with Gasteiger partial charge in [0.15, 0.2) is 11.6 Å². The standard InChI is InChI=1S/C14H9ClN2O2/c15-9-5-1-3-7-11(9)13(18)8-4-2-6-10(17-16)12(8)14(7)19/h1-6,17H,16H2. The van der Waals surface area contributed by atoms with Crippen molar-refractivity contribution in [2.45, 2.75) is 0 Å². The molecule has 0 atom stereocenters. The average molecular weight is 273 g/mol. The summed E-state index contributed by atoms with van der Waals surface area (Å²) < 4.78 is 0. The van der Waals surface area contributed by atoms with Crippen LogP contribution in [0.15, 0.2) is 36.4 Å². The summed E-state index contributed by atoms with van der Waals surface area (Å²) in [6.07, 6.45) is 0. The van der Waals surface area contributed by atoms with Gasteiger partial charge in [0.25, 0.3) is 0 Å². The van der Waals surface area contributed by atoms with Crippen LogP contribution in [0.3, 0.4) is 0 Å². The normalized spacial score (nSPS) is 12.9. The highest BCUT2D eigenvalue weighted by Crippen LogP contribution is 2.34. The Hall–Kier alpha value is -2.17. The van der Waals surface area contributed by atoms with Crippen molar-refractivity contribution >= 4 is 28.9 Å². The lowest BCUT2D eigenvalue weighted by Gasteiger charge is -2.20. The zero-order chi connectivity index (χ0) is 13.6. The van der Waals surface area contributed by atoms with E-state index in [1.54, 1.807) is 36.4 Å². The maximum absolute atomic E-state index is 12.5. The number of anilines is 1. The lowest BCUT2D eigenvalue weighted by atomic mass is 9.83. The molecule has 0 heterocycles. The van der Waals surface area contributed by atoms with Gasteiger partial charge in [0, 0.05) is 11.1 Å². The van der Waals surface area contributed by atoms with E-state index in [0.717, 1.165) is 0 Å². The van der Waals surface area contributed by atoms with E-state index in [0.29, 0.717) is 22.4 Å². The summed E-state index contributed by atoms with van der Waals surface area (Å²) in [5.74, 6) is 4.89. The number of ketones is 2. The van der Waals surface area contributed by atoms with Gasteiger partial charge in [0.2, 0.25) is 0 Å². The maximum atomic E-state index is 12.5. The predicted octanol–water partition coefficient (Wildman–Crippen LogP) is 2.40. The number of hydrazine groups is 1. The molecule has 2 aromatic carbocycles. The third-order valence-corrected chi connectivity index (χ3v) is 3.49. The van der Waals surface area contributed by atoms with Crippen LogP contribution in [0, 0.1) is 0 Å². The molecule has 0 saturated carbocycles. The van der Waals surface area contributed by atoms with Gasteiger partial charge in [-0.05, 0) is 12.1 Å². The first-order valence-electron chi connectivity index (χ1n) is 5.62. The van der Waals surface area contributed by atoms with Crippen LogP contribution in [0.5, 0.6) is 0 Å². The number of nitrogens with one attached hydrogen (secondary N) is 1. The lowest BCUT2D eigenvalue weighted by Crippen LogP contribution is -2.24. The molecule has 1 aliphatic carbocycles. The smallest absolute Gasteiger partial charge is 0.196 e. The molecule has 0 saturated heterocycles. The van der Waals surface area contributed by atoms with Crippen LogP contribution in [-0.4, -0.2) is 11.6 Å². The quantitative estimate of drug-likeness (QED) is 0.527. The van der Waals surface area contributed by atoms with Crippen LogP contribution in [0.25, 0.3) is 0 Å². The monoisotopic (exact) mass is 272 g/mol. The number of hydrogen-bond donors (Lipinski definition) is 2. The van der Waals surface area contributed by atoms with Crippen LogP contribution in [0.4, 0.5) is 5.69 Å². The van der Waals surface area contributed by atoms with Crippen molar-refractivity contribution in [3.8, 4) is 0 Å². The van der Waals surface area contributed by atoms with Crippen molar-refractivity contribution in [2.24, 2.45) is 5.84 Å². The van der Waals surface area contributed by atoms with Crippen LogP contribution >= 0.6 is 11.6 Å². The Balaban J connectivity index is 2.36. The van der Waals surface area contributed by atoms with E-state index in [9.17, 15) is 9.59 Å². The second-order valence-electron chi connectivity index (χ2n) is 4.19. The largest absolute Gasteiger partial charge is 0.323 e. The molecule has 2 aromatic rings. The van der Waals surface area contributed by atoms with E-state index < -0.39 is 0 Å². The molecule has 4 nitrogen and oxygen atoms in total. The number of hydrogen-bond acceptors (Lipinski definition) is 4. The number of rotatable bonds is 1. The Morgan fingerprint density at radius 1 is 0.895 bits per heavy atom. The molecule has 0 spiro atoms. The second kappa shape index (κ2) is 4.19. The topological polar surface area (TPSA) is 72.2 Å². The van der Waals surface area contributed by atoms with Crippen molar-refractivity contribution < 1.29 is 9.59 Å². The molecule has 5 heteroatoms. The average Bonchev–Trinajstić information content (AvgIpc) is 2.43. The Kier molecular flexibility index (Phi) is 2.62. The summed E-state index contributed by atoms with van der Waals surface area (Å²) in [5, 5.41) is 0.285. The van der Waals surface area contributed by atoms with Gasteiger partial charge < -0.3 is 5.43 Å². The first kappa shape index (κ1) is 11.9. The minimum Gasteiger partial charge on any atom is -0.323 e. The number of fused-ring (bicyclic) bond motifs is 2. The number of halogens is 1. The van der Waals surface area contributed by atoms with Gasteiger partial charge in [0.05, 0.1) is 21.8 Å². The summed E-state index contributed by atoms with van der Waals surface area (Å²) in [4.78, 5) is 24.9. The van der Waals surface area contributed by atoms with E-state index in [2.05, 4.69) is 5.43 Å². The third kappa shape index (κ3) is 1.58. The zero-order valence-corrected chi connectivity index (χ0v) is 10.5. The summed E-state index contributed by atoms with van der Waals surface area (Å²) >= 11 is 6.03.